The molecule has 1 N–H and O–H groups in total. The smallest absolute Gasteiger partial charge is 0.439 e. The van der Waals surface area contributed by atoms with Gasteiger partial charge in [-0.1, -0.05) is 31.1 Å². The highest BCUT2D eigenvalue weighted by atomic mass is 19.4. The van der Waals surface area contributed by atoms with Crippen molar-refractivity contribution in [3.8, 4) is 11.5 Å². The van der Waals surface area contributed by atoms with Gasteiger partial charge in [-0.25, -0.2) is 9.53 Å². The van der Waals surface area contributed by atoms with Crippen LogP contribution in [0.5, 0.6) is 11.5 Å². The first kappa shape index (κ1) is 35.7. The van der Waals surface area contributed by atoms with Crippen LogP contribution < -0.4 is 14.8 Å². The van der Waals surface area contributed by atoms with Gasteiger partial charge in [-0.15, -0.1) is 0 Å². The lowest BCUT2D eigenvalue weighted by Crippen LogP contribution is -2.80. The summed E-state index contributed by atoms with van der Waals surface area (Å²) in [4.78, 5) is 20.5. The third kappa shape index (κ3) is 6.92. The number of ether oxygens (including phenoxy) is 3. The Kier molecular flexibility index (Phi) is 9.98. The molecule has 0 aliphatic carbocycles. The van der Waals surface area contributed by atoms with Gasteiger partial charge < -0.3 is 14.8 Å². The lowest BCUT2D eigenvalue weighted by atomic mass is 10.1. The number of halogens is 12. The van der Waals surface area contributed by atoms with Crippen molar-refractivity contribution in [1.82, 2.24) is 4.90 Å². The molecule has 1 aliphatic rings. The fourth-order valence-corrected chi connectivity index (χ4v) is 3.74. The fraction of sp³-hybridized carbons (Fsp3) is 0.462. The number of anilines is 1. The van der Waals surface area contributed by atoms with Crippen LogP contribution in [0.1, 0.15) is 43.0 Å². The van der Waals surface area contributed by atoms with Crippen LogP contribution in [0.25, 0.3) is 0 Å². The number of nitrogens with zero attached hydrogens (tertiary/aromatic N) is 1. The zero-order valence-electron chi connectivity index (χ0n) is 22.7. The van der Waals surface area contributed by atoms with Crippen molar-refractivity contribution < 1.29 is 76.5 Å². The molecule has 0 atom stereocenters. The second-order valence-electron chi connectivity index (χ2n) is 9.47. The Morgan fingerprint density at radius 3 is 1.80 bits per heavy atom. The van der Waals surface area contributed by atoms with Gasteiger partial charge in [-0.2, -0.15) is 52.7 Å². The van der Waals surface area contributed by atoms with Crippen LogP contribution in [0, 0.1) is 0 Å². The summed E-state index contributed by atoms with van der Waals surface area (Å²) in [6, 6.07) is -13.1. The van der Waals surface area contributed by atoms with E-state index in [1.54, 1.807) is 0 Å². The van der Waals surface area contributed by atoms with Crippen molar-refractivity contribution in [1.29, 1.82) is 0 Å². The molecule has 1 saturated heterocycles. The maximum atomic E-state index is 14.4. The van der Waals surface area contributed by atoms with E-state index in [1.165, 1.54) is 24.3 Å². The number of benzene rings is 2. The molecule has 2 aromatic rings. The minimum Gasteiger partial charge on any atom is -0.494 e. The van der Waals surface area contributed by atoms with Gasteiger partial charge in [0.2, 0.25) is 0 Å². The number of carbonyl (C=O) groups excluding carboxylic acids is 2. The Bertz CT molecular complexity index is 1330. The third-order valence-corrected chi connectivity index (χ3v) is 6.14. The molecule has 2 aromatic carbocycles. The standard InChI is InChI=1S/C26H22F12N2O5/c1-2-3-4-5-14-43-17-10-6-15(7-11-17)19(41)44-18-12-8-16(9-13-18)39-20(42)21(27,28)22(29,30)40-23(31,32)25(35,36)45-26(37,38)24(40,33)34/h6-13H,2-5,14H2,1H3,(H,39,42). The average Bonchev–Trinajstić information content (AvgIpc) is 2.92. The van der Waals surface area contributed by atoms with Gasteiger partial charge in [-0.3, -0.25) is 4.79 Å². The molecule has 1 aliphatic heterocycles. The first-order valence-corrected chi connectivity index (χ1v) is 12.8. The fourth-order valence-electron chi connectivity index (χ4n) is 3.74. The first-order chi connectivity index (χ1) is 20.6. The summed E-state index contributed by atoms with van der Waals surface area (Å²) in [7, 11) is 0. The highest BCUT2D eigenvalue weighted by molar-refractivity contribution is 5.97. The zero-order valence-corrected chi connectivity index (χ0v) is 22.7. The second kappa shape index (κ2) is 12.6. The summed E-state index contributed by atoms with van der Waals surface area (Å²) in [5.41, 5.74) is -0.827. The van der Waals surface area contributed by atoms with E-state index in [0.29, 0.717) is 24.5 Å². The number of amides is 1. The van der Waals surface area contributed by atoms with Crippen LogP contribution in [0.3, 0.4) is 0 Å². The Balaban J connectivity index is 1.69. The SMILES string of the molecule is CCCCCCOc1ccc(C(=O)Oc2ccc(NC(=O)C(F)(F)C(F)(F)N3C(F)(F)C(F)(F)OC(F)(F)C3(F)F)cc2)cc1. The van der Waals surface area contributed by atoms with E-state index in [-0.39, 0.29) is 11.3 Å². The molecule has 3 rings (SSSR count). The van der Waals surface area contributed by atoms with Crippen molar-refractivity contribution in [3.63, 3.8) is 0 Å². The van der Waals surface area contributed by atoms with Crippen LogP contribution in [0.15, 0.2) is 48.5 Å². The quantitative estimate of drug-likeness (QED) is 0.0819. The number of morpholine rings is 1. The first-order valence-electron chi connectivity index (χ1n) is 12.8. The van der Waals surface area contributed by atoms with Crippen molar-refractivity contribution in [2.24, 2.45) is 0 Å². The highest BCUT2D eigenvalue weighted by Crippen LogP contribution is 2.60. The van der Waals surface area contributed by atoms with Crippen LogP contribution in [-0.2, 0) is 9.53 Å². The Morgan fingerprint density at radius 1 is 0.778 bits per heavy atom. The number of esters is 1. The summed E-state index contributed by atoms with van der Waals surface area (Å²) in [6.07, 6.45) is -9.78. The molecule has 45 heavy (non-hydrogen) atoms. The Labute approximate surface area is 246 Å². The van der Waals surface area contributed by atoms with Gasteiger partial charge in [0.05, 0.1) is 12.2 Å². The molecule has 1 amide bonds. The monoisotopic (exact) mass is 670 g/mol. The maximum absolute atomic E-state index is 14.4. The molecule has 19 heteroatoms. The lowest BCUT2D eigenvalue weighted by Gasteiger charge is -2.50. The maximum Gasteiger partial charge on any atom is 0.439 e. The number of rotatable bonds is 12. The number of hydrogen-bond acceptors (Lipinski definition) is 6. The van der Waals surface area contributed by atoms with Gasteiger partial charge in [0, 0.05) is 5.69 Å². The minimum absolute atomic E-state index is 0.0282. The molecule has 0 saturated carbocycles. The largest absolute Gasteiger partial charge is 0.494 e. The number of hydrogen-bond donors (Lipinski definition) is 1. The van der Waals surface area contributed by atoms with Gasteiger partial charge in [0.15, 0.2) is 0 Å². The summed E-state index contributed by atoms with van der Waals surface area (Å²) in [6.45, 7) is 2.50. The summed E-state index contributed by atoms with van der Waals surface area (Å²) in [5.74, 6) is -10.9. The molecule has 7 nitrogen and oxygen atoms in total. The van der Waals surface area contributed by atoms with Crippen LogP contribution in [-0.4, -0.2) is 59.7 Å². The van der Waals surface area contributed by atoms with Gasteiger partial charge >= 0.3 is 48.2 Å². The normalized spacial score (nSPS) is 19.0. The molecular formula is C26H22F12N2O5. The Hall–Kier alpha value is -3.74. The zero-order chi connectivity index (χ0) is 34.1. The predicted octanol–water partition coefficient (Wildman–Crippen LogP) is 7.73. The van der Waals surface area contributed by atoms with Crippen molar-refractivity contribution >= 4 is 17.6 Å². The van der Waals surface area contributed by atoms with Crippen molar-refractivity contribution in [2.75, 3.05) is 11.9 Å². The van der Waals surface area contributed by atoms with Crippen LogP contribution in [0.4, 0.5) is 58.4 Å². The summed E-state index contributed by atoms with van der Waals surface area (Å²) < 4.78 is 179. The van der Waals surface area contributed by atoms with Gasteiger partial charge in [0.1, 0.15) is 11.5 Å². The Morgan fingerprint density at radius 2 is 1.29 bits per heavy atom. The van der Waals surface area contributed by atoms with Crippen molar-refractivity contribution in [3.05, 3.63) is 54.1 Å². The topological polar surface area (TPSA) is 77.1 Å². The average molecular weight is 670 g/mol. The van der Waals surface area contributed by atoms with Crippen molar-refractivity contribution in [2.45, 2.75) is 68.9 Å². The van der Waals surface area contributed by atoms with E-state index >= 15 is 0 Å². The lowest BCUT2D eigenvalue weighted by molar-refractivity contribution is -0.591. The molecular weight excluding hydrogens is 648 g/mol. The van der Waals surface area contributed by atoms with Gasteiger partial charge in [-0.05, 0) is 55.0 Å². The molecule has 0 bridgehead atoms. The molecule has 1 fully saturated rings. The van der Waals surface area contributed by atoms with Crippen LogP contribution in [0.2, 0.25) is 0 Å². The molecule has 1 heterocycles. The van der Waals surface area contributed by atoms with E-state index < -0.39 is 58.7 Å². The second-order valence-corrected chi connectivity index (χ2v) is 9.47. The summed E-state index contributed by atoms with van der Waals surface area (Å²) >= 11 is 0. The molecule has 0 unspecified atom stereocenters. The number of carbonyl (C=O) groups is 2. The van der Waals surface area contributed by atoms with E-state index in [4.69, 9.17) is 9.47 Å². The number of unbranched alkanes of at least 4 members (excludes halogenated alkanes) is 3. The van der Waals surface area contributed by atoms with Gasteiger partial charge in [0.25, 0.3) is 0 Å². The molecule has 250 valence electrons. The molecule has 0 aromatic heterocycles. The minimum atomic E-state index is -7.37. The van der Waals surface area contributed by atoms with E-state index in [1.807, 2.05) is 4.74 Å². The molecule has 0 spiro atoms. The third-order valence-electron chi connectivity index (χ3n) is 6.14. The van der Waals surface area contributed by atoms with E-state index in [0.717, 1.165) is 43.1 Å². The molecule has 0 radical (unpaired) electrons. The summed E-state index contributed by atoms with van der Waals surface area (Å²) in [5, 5.41) is 1.02. The predicted molar refractivity (Wildman–Crippen MR) is 129 cm³/mol. The number of alkyl halides is 12. The van der Waals surface area contributed by atoms with Crippen LogP contribution >= 0.6 is 0 Å². The van der Waals surface area contributed by atoms with E-state index in [9.17, 15) is 62.3 Å². The number of nitrogens with one attached hydrogen (secondary N) is 1. The van der Waals surface area contributed by atoms with E-state index in [2.05, 4.69) is 6.92 Å². The highest BCUT2D eigenvalue weighted by Gasteiger charge is 2.90.